The van der Waals surface area contributed by atoms with Gasteiger partial charge in [-0.15, -0.1) is 0 Å². The average Bonchev–Trinajstić information content (AvgIpc) is 2.60. The van der Waals surface area contributed by atoms with Crippen molar-refractivity contribution in [3.8, 4) is 0 Å². The van der Waals surface area contributed by atoms with Crippen LogP contribution < -0.4 is 0 Å². The first-order chi connectivity index (χ1) is 12.0. The molecule has 2 fully saturated rings. The van der Waals surface area contributed by atoms with E-state index in [1.54, 1.807) is 0 Å². The van der Waals surface area contributed by atoms with E-state index in [1.165, 1.54) is 0 Å². The normalized spacial score (nSPS) is 25.9. The Kier molecular flexibility index (Phi) is 8.61. The van der Waals surface area contributed by atoms with Gasteiger partial charge in [-0.1, -0.05) is 59.6 Å². The van der Waals surface area contributed by atoms with Gasteiger partial charge in [-0.3, -0.25) is 13.6 Å². The first-order valence-electron chi connectivity index (χ1n) is 8.37. The Morgan fingerprint density at radius 3 is 1.96 bits per heavy atom. The van der Waals surface area contributed by atoms with E-state index in [0.29, 0.717) is 43.7 Å². The van der Waals surface area contributed by atoms with Crippen molar-refractivity contribution in [2.24, 2.45) is 16.2 Å². The van der Waals surface area contributed by atoms with E-state index in [-0.39, 0.29) is 17.4 Å². The molecule has 0 atom stereocenters. The number of phosphoric acid groups is 1. The second-order valence-corrected chi connectivity index (χ2v) is 12.4. The second-order valence-electron chi connectivity index (χ2n) is 8.41. The van der Waals surface area contributed by atoms with Gasteiger partial charge in [0.2, 0.25) is 0 Å². The molecule has 26 heavy (non-hydrogen) atoms. The molecule has 2 heterocycles. The molecule has 0 spiro atoms. The highest BCUT2D eigenvalue weighted by atomic mass is 79.9. The zero-order valence-corrected chi connectivity index (χ0v) is 20.6. The van der Waals surface area contributed by atoms with Crippen molar-refractivity contribution in [1.82, 2.24) is 0 Å². The molecule has 0 unspecified atom stereocenters. The minimum atomic E-state index is -3.54. The molecule has 2 rings (SSSR count). The predicted molar refractivity (Wildman–Crippen MR) is 108 cm³/mol. The Morgan fingerprint density at radius 2 is 1.46 bits per heavy atom. The zero-order chi connectivity index (χ0) is 19.5. The summed E-state index contributed by atoms with van der Waals surface area (Å²) in [5.41, 5.74) is -0.635. The minimum Gasteiger partial charge on any atom is -0.312 e. The van der Waals surface area contributed by atoms with E-state index in [2.05, 4.69) is 45.7 Å². The molecule has 154 valence electrons. The standard InChI is InChI=1S/C15H28Br2O7P2/c1-13(2)7-19-25(20-8-13)21-11-15(5-16,6-17)12-24-26(18)22-9-14(3,4)10-23-26/h5-12H2,1-4H3. The van der Waals surface area contributed by atoms with Crippen molar-refractivity contribution in [2.75, 3.05) is 50.3 Å². The van der Waals surface area contributed by atoms with Crippen LogP contribution in [0.15, 0.2) is 0 Å². The second kappa shape index (κ2) is 9.46. The molecule has 0 aromatic carbocycles. The lowest BCUT2D eigenvalue weighted by Crippen LogP contribution is -2.37. The number of hydrogen-bond donors (Lipinski definition) is 0. The van der Waals surface area contributed by atoms with Crippen LogP contribution in [0.1, 0.15) is 27.7 Å². The van der Waals surface area contributed by atoms with Gasteiger partial charge in [-0.05, 0) is 0 Å². The maximum absolute atomic E-state index is 12.6. The van der Waals surface area contributed by atoms with Crippen LogP contribution in [-0.2, 0) is 31.7 Å². The van der Waals surface area contributed by atoms with Crippen LogP contribution in [0, 0.1) is 16.2 Å². The summed E-state index contributed by atoms with van der Waals surface area (Å²) >= 11 is 7.00. The maximum atomic E-state index is 12.6. The molecule has 0 saturated carbocycles. The van der Waals surface area contributed by atoms with E-state index >= 15 is 0 Å². The van der Waals surface area contributed by atoms with Crippen LogP contribution in [0.3, 0.4) is 0 Å². The van der Waals surface area contributed by atoms with Gasteiger partial charge in [0.05, 0.1) is 39.6 Å². The first kappa shape index (κ1) is 23.7. The Bertz CT molecular complexity index is 490. The number of halogens is 2. The summed E-state index contributed by atoms with van der Waals surface area (Å²) in [6.45, 7) is 10.5. The van der Waals surface area contributed by atoms with Gasteiger partial charge in [0, 0.05) is 26.9 Å². The van der Waals surface area contributed by atoms with Gasteiger partial charge in [-0.25, -0.2) is 4.57 Å². The molecule has 7 nitrogen and oxygen atoms in total. The summed E-state index contributed by atoms with van der Waals surface area (Å²) in [6, 6.07) is 0. The average molecular weight is 542 g/mol. The number of hydrogen-bond acceptors (Lipinski definition) is 7. The lowest BCUT2D eigenvalue weighted by atomic mass is 9.97. The zero-order valence-electron chi connectivity index (χ0n) is 15.7. The van der Waals surface area contributed by atoms with Gasteiger partial charge in [0.1, 0.15) is 0 Å². The van der Waals surface area contributed by atoms with E-state index in [0.717, 1.165) is 0 Å². The Morgan fingerprint density at radius 1 is 0.962 bits per heavy atom. The highest BCUT2D eigenvalue weighted by molar-refractivity contribution is 9.09. The number of rotatable bonds is 8. The molecule has 0 aromatic rings. The fourth-order valence-electron chi connectivity index (χ4n) is 1.91. The van der Waals surface area contributed by atoms with Crippen molar-refractivity contribution in [3.63, 3.8) is 0 Å². The van der Waals surface area contributed by atoms with E-state index in [1.807, 2.05) is 13.8 Å². The lowest BCUT2D eigenvalue weighted by Gasteiger charge is -2.37. The highest BCUT2D eigenvalue weighted by Gasteiger charge is 2.41. The Hall–Kier alpha value is 1.38. The van der Waals surface area contributed by atoms with Crippen LogP contribution >= 0.6 is 48.3 Å². The van der Waals surface area contributed by atoms with Crippen molar-refractivity contribution >= 4 is 48.3 Å². The van der Waals surface area contributed by atoms with Crippen LogP contribution in [0.25, 0.3) is 0 Å². The Labute approximate surface area is 174 Å². The summed E-state index contributed by atoms with van der Waals surface area (Å²) < 4.78 is 46.1. The molecule has 0 aliphatic carbocycles. The first-order valence-corrected chi connectivity index (χ1v) is 13.2. The third-order valence-electron chi connectivity index (χ3n) is 3.92. The third-order valence-corrected chi connectivity index (χ3v) is 8.65. The van der Waals surface area contributed by atoms with E-state index < -0.39 is 21.8 Å². The molecule has 0 radical (unpaired) electrons. The molecule has 0 N–H and O–H groups in total. The van der Waals surface area contributed by atoms with E-state index in [4.69, 9.17) is 27.1 Å². The van der Waals surface area contributed by atoms with Gasteiger partial charge in [0.15, 0.2) is 0 Å². The van der Waals surface area contributed by atoms with Crippen LogP contribution in [0.5, 0.6) is 0 Å². The third kappa shape index (κ3) is 7.01. The SMILES string of the molecule is CC1(C)COP(OCC(CBr)(CBr)COP2(=O)OCC(C)(C)CO2)OC1. The lowest BCUT2D eigenvalue weighted by molar-refractivity contribution is -0.0155. The molecule has 0 aromatic heterocycles. The fraction of sp³-hybridized carbons (Fsp3) is 1.00. The van der Waals surface area contributed by atoms with Gasteiger partial charge in [0.25, 0.3) is 0 Å². The largest absolute Gasteiger partial charge is 0.474 e. The van der Waals surface area contributed by atoms with Gasteiger partial charge >= 0.3 is 16.4 Å². The molecular weight excluding hydrogens is 514 g/mol. The fourth-order valence-corrected chi connectivity index (χ4v) is 6.67. The van der Waals surface area contributed by atoms with Crippen molar-refractivity contribution in [2.45, 2.75) is 27.7 Å². The quantitative estimate of drug-likeness (QED) is 0.306. The molecule has 2 saturated heterocycles. The van der Waals surface area contributed by atoms with Crippen molar-refractivity contribution in [1.29, 1.82) is 0 Å². The molecule has 0 amide bonds. The number of alkyl halides is 2. The predicted octanol–water partition coefficient (Wildman–Crippen LogP) is 5.28. The summed E-state index contributed by atoms with van der Waals surface area (Å²) in [7, 11) is -4.93. The van der Waals surface area contributed by atoms with Crippen molar-refractivity contribution < 1.29 is 31.7 Å². The summed E-state index contributed by atoms with van der Waals surface area (Å²) in [5.74, 6) is 0. The number of phosphoric ester groups is 1. The maximum Gasteiger partial charge on any atom is 0.474 e. The minimum absolute atomic E-state index is 0.00387. The van der Waals surface area contributed by atoms with Crippen molar-refractivity contribution in [3.05, 3.63) is 0 Å². The molecular formula is C15H28Br2O7P2. The summed E-state index contributed by atoms with van der Waals surface area (Å²) in [4.78, 5) is 0. The molecule has 2 aliphatic rings. The Balaban J connectivity index is 1.85. The molecule has 0 bridgehead atoms. The highest BCUT2D eigenvalue weighted by Crippen LogP contribution is 2.56. The van der Waals surface area contributed by atoms with Crippen LogP contribution in [0.2, 0.25) is 0 Å². The van der Waals surface area contributed by atoms with Gasteiger partial charge < -0.3 is 13.6 Å². The molecule has 11 heteroatoms. The summed E-state index contributed by atoms with van der Waals surface area (Å²) in [5, 5.41) is 1.15. The molecule has 2 aliphatic heterocycles. The monoisotopic (exact) mass is 540 g/mol. The topological polar surface area (TPSA) is 72.5 Å². The smallest absolute Gasteiger partial charge is 0.312 e. The van der Waals surface area contributed by atoms with Gasteiger partial charge in [-0.2, -0.15) is 0 Å². The summed E-state index contributed by atoms with van der Waals surface area (Å²) in [6.07, 6.45) is 0. The van der Waals surface area contributed by atoms with E-state index in [9.17, 15) is 4.57 Å². The van der Waals surface area contributed by atoms with Crippen LogP contribution in [0.4, 0.5) is 0 Å². The van der Waals surface area contributed by atoms with Crippen LogP contribution in [-0.4, -0.2) is 50.3 Å².